The number of carboxylic acids is 1. The summed E-state index contributed by atoms with van der Waals surface area (Å²) in [4.78, 5) is 10.5. The molecular formula is C10H4ClF2NO3. The highest BCUT2D eigenvalue weighted by Crippen LogP contribution is 2.27. The fourth-order valence-electron chi connectivity index (χ4n) is 1.22. The number of carbonyl (C=O) groups is 1. The van der Waals surface area contributed by atoms with Crippen LogP contribution in [0.4, 0.5) is 8.78 Å². The number of benzene rings is 1. The fourth-order valence-corrected chi connectivity index (χ4v) is 1.37. The first-order valence-corrected chi connectivity index (χ1v) is 4.71. The van der Waals surface area contributed by atoms with E-state index >= 15 is 0 Å². The van der Waals surface area contributed by atoms with Crippen LogP contribution in [0.5, 0.6) is 0 Å². The summed E-state index contributed by atoms with van der Waals surface area (Å²) in [5.74, 6) is -3.46. The Bertz CT molecular complexity index is 597. The lowest BCUT2D eigenvalue weighted by Gasteiger charge is -2.00. The highest BCUT2D eigenvalue weighted by atomic mass is 35.5. The van der Waals surface area contributed by atoms with Gasteiger partial charge < -0.3 is 9.63 Å². The third-order valence-corrected chi connectivity index (χ3v) is 2.30. The van der Waals surface area contributed by atoms with Gasteiger partial charge in [0, 0.05) is 11.6 Å². The van der Waals surface area contributed by atoms with E-state index in [4.69, 9.17) is 16.7 Å². The van der Waals surface area contributed by atoms with Crippen LogP contribution in [0.3, 0.4) is 0 Å². The molecule has 4 nitrogen and oxygen atoms in total. The Labute approximate surface area is 98.4 Å². The maximum Gasteiger partial charge on any atom is 0.374 e. The standard InChI is InChI=1S/C10H4ClF2NO3/c11-5-2-6(12)4(1-7(5)13)8-3-9(10(15)16)17-14-8/h1-3H,(H,15,16). The number of carboxylic acid groups (broad SMARTS) is 1. The first-order chi connectivity index (χ1) is 7.99. The van der Waals surface area contributed by atoms with E-state index in [2.05, 4.69) is 9.68 Å². The van der Waals surface area contributed by atoms with Crippen LogP contribution >= 0.6 is 11.6 Å². The van der Waals surface area contributed by atoms with Gasteiger partial charge in [-0.15, -0.1) is 0 Å². The SMILES string of the molecule is O=C(O)c1cc(-c2cc(F)c(Cl)cc2F)no1. The average molecular weight is 260 g/mol. The van der Waals surface area contributed by atoms with Crippen LogP contribution in [-0.4, -0.2) is 16.2 Å². The van der Waals surface area contributed by atoms with E-state index in [1.165, 1.54) is 0 Å². The second-order valence-electron chi connectivity index (χ2n) is 3.13. The highest BCUT2D eigenvalue weighted by molar-refractivity contribution is 6.30. The number of hydrogen-bond donors (Lipinski definition) is 1. The molecule has 7 heteroatoms. The lowest BCUT2D eigenvalue weighted by Crippen LogP contribution is -1.92. The number of aromatic carboxylic acids is 1. The van der Waals surface area contributed by atoms with E-state index in [-0.39, 0.29) is 16.3 Å². The van der Waals surface area contributed by atoms with Crippen molar-refractivity contribution in [3.05, 3.63) is 40.6 Å². The smallest absolute Gasteiger partial charge is 0.374 e. The molecule has 88 valence electrons. The molecule has 1 aromatic carbocycles. The van der Waals surface area contributed by atoms with Gasteiger partial charge in [-0.05, 0) is 12.1 Å². The Morgan fingerprint density at radius 2 is 2.00 bits per heavy atom. The van der Waals surface area contributed by atoms with Crippen molar-refractivity contribution in [1.29, 1.82) is 0 Å². The molecule has 0 spiro atoms. The first-order valence-electron chi connectivity index (χ1n) is 4.34. The van der Waals surface area contributed by atoms with E-state index in [9.17, 15) is 13.6 Å². The van der Waals surface area contributed by atoms with E-state index in [0.29, 0.717) is 0 Å². The van der Waals surface area contributed by atoms with Crippen LogP contribution in [0.25, 0.3) is 11.3 Å². The van der Waals surface area contributed by atoms with E-state index in [0.717, 1.165) is 18.2 Å². The van der Waals surface area contributed by atoms with Crippen molar-refractivity contribution < 1.29 is 23.2 Å². The normalized spacial score (nSPS) is 10.5. The topological polar surface area (TPSA) is 63.3 Å². The van der Waals surface area contributed by atoms with Gasteiger partial charge in [0.05, 0.1) is 5.02 Å². The Morgan fingerprint density at radius 3 is 2.59 bits per heavy atom. The lowest BCUT2D eigenvalue weighted by atomic mass is 10.1. The molecule has 1 aromatic heterocycles. The molecule has 0 aliphatic heterocycles. The molecule has 0 saturated heterocycles. The molecular weight excluding hydrogens is 256 g/mol. The Morgan fingerprint density at radius 1 is 1.29 bits per heavy atom. The fraction of sp³-hybridized carbons (Fsp3) is 0. The molecule has 0 unspecified atom stereocenters. The second kappa shape index (κ2) is 4.14. The van der Waals surface area contributed by atoms with E-state index in [1.54, 1.807) is 0 Å². The molecule has 1 heterocycles. The molecule has 0 amide bonds. The van der Waals surface area contributed by atoms with Crippen molar-refractivity contribution in [3.8, 4) is 11.3 Å². The average Bonchev–Trinajstić information content (AvgIpc) is 2.72. The molecule has 0 radical (unpaired) electrons. The number of nitrogens with zero attached hydrogens (tertiary/aromatic N) is 1. The minimum atomic E-state index is -1.35. The molecule has 17 heavy (non-hydrogen) atoms. The molecule has 2 rings (SSSR count). The van der Waals surface area contributed by atoms with Crippen LogP contribution in [-0.2, 0) is 0 Å². The summed E-state index contributed by atoms with van der Waals surface area (Å²) >= 11 is 5.38. The quantitative estimate of drug-likeness (QED) is 0.842. The largest absolute Gasteiger partial charge is 0.475 e. The van der Waals surface area contributed by atoms with Gasteiger partial charge in [0.15, 0.2) is 0 Å². The maximum atomic E-state index is 13.4. The third-order valence-electron chi connectivity index (χ3n) is 2.01. The van der Waals surface area contributed by atoms with Gasteiger partial charge in [0.2, 0.25) is 5.76 Å². The molecule has 1 N–H and O–H groups in total. The predicted octanol–water partition coefficient (Wildman–Crippen LogP) is 2.97. The first kappa shape index (κ1) is 11.5. The Hall–Kier alpha value is -1.95. The molecule has 0 aliphatic rings. The zero-order valence-corrected chi connectivity index (χ0v) is 8.83. The van der Waals surface area contributed by atoms with Gasteiger partial charge in [-0.25, -0.2) is 13.6 Å². The monoisotopic (exact) mass is 259 g/mol. The van der Waals surface area contributed by atoms with E-state index < -0.39 is 23.4 Å². The minimum absolute atomic E-state index is 0.115. The summed E-state index contributed by atoms with van der Waals surface area (Å²) in [5.41, 5.74) is -0.335. The number of rotatable bonds is 2. The van der Waals surface area contributed by atoms with Crippen molar-refractivity contribution in [2.45, 2.75) is 0 Å². The summed E-state index contributed by atoms with van der Waals surface area (Å²) in [6.45, 7) is 0. The van der Waals surface area contributed by atoms with Gasteiger partial charge in [0.1, 0.15) is 17.3 Å². The van der Waals surface area contributed by atoms with Gasteiger partial charge in [-0.3, -0.25) is 0 Å². The molecule has 0 saturated carbocycles. The van der Waals surface area contributed by atoms with Crippen LogP contribution in [0.15, 0.2) is 22.7 Å². The van der Waals surface area contributed by atoms with Crippen molar-refractivity contribution >= 4 is 17.6 Å². The van der Waals surface area contributed by atoms with Crippen molar-refractivity contribution in [2.75, 3.05) is 0 Å². The van der Waals surface area contributed by atoms with E-state index in [1.807, 2.05) is 0 Å². The zero-order chi connectivity index (χ0) is 12.6. The molecule has 0 atom stereocenters. The molecule has 0 bridgehead atoms. The lowest BCUT2D eigenvalue weighted by molar-refractivity contribution is 0.0652. The van der Waals surface area contributed by atoms with Crippen LogP contribution in [0.1, 0.15) is 10.6 Å². The predicted molar refractivity (Wildman–Crippen MR) is 53.8 cm³/mol. The minimum Gasteiger partial charge on any atom is -0.475 e. The molecule has 0 aliphatic carbocycles. The van der Waals surface area contributed by atoms with Gasteiger partial charge >= 0.3 is 5.97 Å². The number of aromatic nitrogens is 1. The Balaban J connectivity index is 2.52. The third kappa shape index (κ3) is 2.12. The summed E-state index contributed by atoms with van der Waals surface area (Å²) in [5, 5.41) is 11.6. The maximum absolute atomic E-state index is 13.4. The summed E-state index contributed by atoms with van der Waals surface area (Å²) < 4.78 is 31.0. The van der Waals surface area contributed by atoms with Crippen molar-refractivity contribution in [2.24, 2.45) is 0 Å². The van der Waals surface area contributed by atoms with Crippen molar-refractivity contribution in [1.82, 2.24) is 5.16 Å². The van der Waals surface area contributed by atoms with Crippen LogP contribution in [0, 0.1) is 11.6 Å². The van der Waals surface area contributed by atoms with Crippen molar-refractivity contribution in [3.63, 3.8) is 0 Å². The highest BCUT2D eigenvalue weighted by Gasteiger charge is 2.17. The molecule has 2 aromatic rings. The van der Waals surface area contributed by atoms with Gasteiger partial charge in [-0.2, -0.15) is 0 Å². The number of hydrogen-bond acceptors (Lipinski definition) is 3. The van der Waals surface area contributed by atoms with Gasteiger partial charge in [0.25, 0.3) is 0 Å². The molecule has 0 fully saturated rings. The zero-order valence-electron chi connectivity index (χ0n) is 8.08. The summed E-state index contributed by atoms with van der Waals surface area (Å²) in [7, 11) is 0. The summed E-state index contributed by atoms with van der Waals surface area (Å²) in [6.07, 6.45) is 0. The second-order valence-corrected chi connectivity index (χ2v) is 3.53. The summed E-state index contributed by atoms with van der Waals surface area (Å²) in [6, 6.07) is 2.59. The van der Waals surface area contributed by atoms with Gasteiger partial charge in [-0.1, -0.05) is 16.8 Å². The van der Waals surface area contributed by atoms with Crippen LogP contribution < -0.4 is 0 Å². The van der Waals surface area contributed by atoms with Crippen LogP contribution in [0.2, 0.25) is 5.02 Å². The number of halogens is 3. The Kier molecular flexibility index (Phi) is 2.81.